The van der Waals surface area contributed by atoms with E-state index in [-0.39, 0.29) is 10.7 Å². The van der Waals surface area contributed by atoms with Gasteiger partial charge in [0.05, 0.1) is 11.1 Å². The monoisotopic (exact) mass is 273 g/mol. The smallest absolute Gasteiger partial charge is 0.337 e. The molecule has 0 spiro atoms. The van der Waals surface area contributed by atoms with Crippen LogP contribution in [-0.4, -0.2) is 25.4 Å². The largest absolute Gasteiger partial charge is 0.478 e. The van der Waals surface area contributed by atoms with Gasteiger partial charge in [-0.15, -0.1) is 0 Å². The molecule has 0 amide bonds. The highest BCUT2D eigenvalue weighted by Crippen LogP contribution is 2.27. The summed E-state index contributed by atoms with van der Waals surface area (Å²) in [6, 6.07) is 6.73. The minimum Gasteiger partial charge on any atom is -0.478 e. The van der Waals surface area contributed by atoms with Crippen LogP contribution in [0, 0.1) is 0 Å². The lowest BCUT2D eigenvalue weighted by Gasteiger charge is -2.02. The van der Waals surface area contributed by atoms with Gasteiger partial charge in [0.25, 0.3) is 0 Å². The molecule has 0 fully saturated rings. The van der Waals surface area contributed by atoms with Gasteiger partial charge in [-0.3, -0.25) is 9.38 Å². The molecular formula is C13H8ClN3O2. The Bertz CT molecular complexity index is 768. The molecule has 94 valence electrons. The first-order valence-corrected chi connectivity index (χ1v) is 5.86. The van der Waals surface area contributed by atoms with Gasteiger partial charge in [0.15, 0.2) is 5.15 Å². The van der Waals surface area contributed by atoms with Crippen molar-refractivity contribution in [2.24, 2.45) is 0 Å². The van der Waals surface area contributed by atoms with Crippen molar-refractivity contribution in [3.8, 4) is 11.4 Å². The number of carboxylic acid groups (broad SMARTS) is 1. The number of aromatic nitrogens is 3. The second kappa shape index (κ2) is 4.37. The zero-order valence-corrected chi connectivity index (χ0v) is 10.4. The Kier molecular flexibility index (Phi) is 2.68. The van der Waals surface area contributed by atoms with Gasteiger partial charge in [0.1, 0.15) is 5.82 Å². The average Bonchev–Trinajstić information content (AvgIpc) is 2.77. The van der Waals surface area contributed by atoms with Gasteiger partial charge in [-0.05, 0) is 24.3 Å². The highest BCUT2D eigenvalue weighted by molar-refractivity contribution is 6.33. The van der Waals surface area contributed by atoms with Crippen molar-refractivity contribution >= 4 is 23.1 Å². The minimum absolute atomic E-state index is 0.125. The molecule has 0 saturated carbocycles. The maximum Gasteiger partial charge on any atom is 0.337 e. The summed E-state index contributed by atoms with van der Waals surface area (Å²) in [4.78, 5) is 19.4. The first-order valence-electron chi connectivity index (χ1n) is 5.49. The molecule has 0 bridgehead atoms. The fraction of sp³-hybridized carbons (Fsp3) is 0. The summed E-state index contributed by atoms with van der Waals surface area (Å²) in [6.45, 7) is 0. The molecule has 6 heteroatoms. The fourth-order valence-electron chi connectivity index (χ4n) is 1.97. The third-order valence-corrected chi connectivity index (χ3v) is 3.05. The summed E-state index contributed by atoms with van der Waals surface area (Å²) < 4.78 is 1.67. The van der Waals surface area contributed by atoms with E-state index in [1.807, 2.05) is 0 Å². The number of pyridine rings is 2. The molecule has 0 aromatic carbocycles. The number of carbonyl (C=O) groups is 1. The van der Waals surface area contributed by atoms with Crippen LogP contribution in [0.5, 0.6) is 0 Å². The lowest BCUT2D eigenvalue weighted by atomic mass is 10.2. The van der Waals surface area contributed by atoms with E-state index in [0.717, 1.165) is 5.56 Å². The first-order chi connectivity index (χ1) is 9.18. The Morgan fingerprint density at radius 3 is 2.68 bits per heavy atom. The Hall–Kier alpha value is -2.40. The van der Waals surface area contributed by atoms with Crippen molar-refractivity contribution in [3.05, 3.63) is 53.6 Å². The van der Waals surface area contributed by atoms with Crippen molar-refractivity contribution in [2.75, 3.05) is 0 Å². The van der Waals surface area contributed by atoms with E-state index in [9.17, 15) is 9.90 Å². The summed E-state index contributed by atoms with van der Waals surface area (Å²) >= 11 is 6.07. The van der Waals surface area contributed by atoms with Crippen LogP contribution < -0.4 is 0 Å². The molecular weight excluding hydrogens is 266 g/mol. The topological polar surface area (TPSA) is 67.5 Å². The van der Waals surface area contributed by atoms with Gasteiger partial charge in [0, 0.05) is 24.2 Å². The van der Waals surface area contributed by atoms with E-state index < -0.39 is 5.97 Å². The summed E-state index contributed by atoms with van der Waals surface area (Å²) in [5, 5.41) is 9.35. The molecule has 3 heterocycles. The lowest BCUT2D eigenvalue weighted by molar-refractivity contribution is 0.0698. The van der Waals surface area contributed by atoms with Crippen LogP contribution in [0.1, 0.15) is 10.4 Å². The zero-order chi connectivity index (χ0) is 13.4. The van der Waals surface area contributed by atoms with Gasteiger partial charge in [-0.1, -0.05) is 11.6 Å². The van der Waals surface area contributed by atoms with Crippen molar-refractivity contribution in [1.29, 1.82) is 0 Å². The Labute approximate surface area is 113 Å². The van der Waals surface area contributed by atoms with Crippen LogP contribution in [0.4, 0.5) is 0 Å². The van der Waals surface area contributed by atoms with Crippen LogP contribution in [0.2, 0.25) is 5.15 Å². The van der Waals surface area contributed by atoms with E-state index in [2.05, 4.69) is 9.97 Å². The number of imidazole rings is 1. The molecule has 0 unspecified atom stereocenters. The Balaban J connectivity index is 2.35. The first kappa shape index (κ1) is 11.7. The molecule has 1 N–H and O–H groups in total. The number of aromatic carboxylic acids is 1. The van der Waals surface area contributed by atoms with E-state index in [1.54, 1.807) is 41.2 Å². The summed E-state index contributed by atoms with van der Waals surface area (Å²) in [6.07, 6.45) is 5.02. The predicted octanol–water partition coefficient (Wildman–Crippen LogP) is 2.75. The molecule has 3 rings (SSSR count). The van der Waals surface area contributed by atoms with Crippen molar-refractivity contribution < 1.29 is 9.90 Å². The lowest BCUT2D eigenvalue weighted by Crippen LogP contribution is -2.00. The summed E-state index contributed by atoms with van der Waals surface area (Å²) in [7, 11) is 0. The molecule has 0 saturated heterocycles. The molecule has 5 nitrogen and oxygen atoms in total. The molecule has 0 aliphatic rings. The summed E-state index contributed by atoms with van der Waals surface area (Å²) in [5.74, 6) is -0.445. The maximum atomic E-state index is 11.2. The van der Waals surface area contributed by atoms with Gasteiger partial charge < -0.3 is 5.11 Å². The molecule has 0 aliphatic heterocycles. The van der Waals surface area contributed by atoms with Crippen LogP contribution in [0.25, 0.3) is 16.9 Å². The standard InChI is InChI=1S/C13H8ClN3O2/c14-11-10-9(13(18)19)2-1-7-17(10)12(16-11)8-3-5-15-6-4-8/h1-7H,(H,18,19). The predicted molar refractivity (Wildman–Crippen MR) is 70.4 cm³/mol. The van der Waals surface area contributed by atoms with Crippen LogP contribution >= 0.6 is 11.6 Å². The van der Waals surface area contributed by atoms with E-state index in [0.29, 0.717) is 11.3 Å². The van der Waals surface area contributed by atoms with E-state index >= 15 is 0 Å². The SMILES string of the molecule is O=C(O)c1cccn2c(-c3ccncc3)nc(Cl)c12. The fourth-order valence-corrected chi connectivity index (χ4v) is 2.25. The van der Waals surface area contributed by atoms with Gasteiger partial charge in [-0.25, -0.2) is 9.78 Å². The number of halogens is 1. The third kappa shape index (κ3) is 1.84. The Morgan fingerprint density at radius 1 is 1.26 bits per heavy atom. The number of rotatable bonds is 2. The van der Waals surface area contributed by atoms with Crippen LogP contribution in [-0.2, 0) is 0 Å². The molecule has 0 atom stereocenters. The van der Waals surface area contributed by atoms with E-state index in [4.69, 9.17) is 11.6 Å². The normalized spacial score (nSPS) is 10.8. The molecule has 0 aliphatic carbocycles. The van der Waals surface area contributed by atoms with Crippen molar-refractivity contribution in [2.45, 2.75) is 0 Å². The van der Waals surface area contributed by atoms with Crippen LogP contribution in [0.15, 0.2) is 42.9 Å². The Morgan fingerprint density at radius 2 is 2.00 bits per heavy atom. The van der Waals surface area contributed by atoms with Crippen LogP contribution in [0.3, 0.4) is 0 Å². The molecule has 0 radical (unpaired) electrons. The molecule has 3 aromatic heterocycles. The number of hydrogen-bond acceptors (Lipinski definition) is 3. The van der Waals surface area contributed by atoms with E-state index in [1.165, 1.54) is 6.07 Å². The van der Waals surface area contributed by atoms with Gasteiger partial charge in [-0.2, -0.15) is 0 Å². The minimum atomic E-state index is -1.03. The number of carboxylic acids is 1. The second-order valence-corrected chi connectivity index (χ2v) is 4.27. The molecule has 3 aromatic rings. The summed E-state index contributed by atoms with van der Waals surface area (Å²) in [5.41, 5.74) is 1.34. The quantitative estimate of drug-likeness (QED) is 0.779. The third-order valence-electron chi connectivity index (χ3n) is 2.79. The molecule has 19 heavy (non-hydrogen) atoms. The van der Waals surface area contributed by atoms with Gasteiger partial charge >= 0.3 is 5.97 Å². The average molecular weight is 274 g/mol. The van der Waals surface area contributed by atoms with Crippen molar-refractivity contribution in [3.63, 3.8) is 0 Å². The number of nitrogens with zero attached hydrogens (tertiary/aromatic N) is 3. The number of fused-ring (bicyclic) bond motifs is 1. The number of hydrogen-bond donors (Lipinski definition) is 1. The zero-order valence-electron chi connectivity index (χ0n) is 9.62. The van der Waals surface area contributed by atoms with Gasteiger partial charge in [0.2, 0.25) is 0 Å². The highest BCUT2D eigenvalue weighted by atomic mass is 35.5. The second-order valence-electron chi connectivity index (χ2n) is 3.91. The van der Waals surface area contributed by atoms with Crippen molar-refractivity contribution in [1.82, 2.24) is 14.4 Å². The highest BCUT2D eigenvalue weighted by Gasteiger charge is 2.17. The maximum absolute atomic E-state index is 11.2.